The van der Waals surface area contributed by atoms with E-state index in [-0.39, 0.29) is 5.91 Å². The third-order valence-corrected chi connectivity index (χ3v) is 5.33. The van der Waals surface area contributed by atoms with Crippen LogP contribution in [-0.4, -0.2) is 67.6 Å². The van der Waals surface area contributed by atoms with Crippen molar-refractivity contribution in [3.05, 3.63) is 0 Å². The summed E-state index contributed by atoms with van der Waals surface area (Å²) in [6, 6.07) is 0.518. The number of primary amides is 1. The third kappa shape index (κ3) is 3.58. The lowest BCUT2D eigenvalue weighted by Crippen LogP contribution is -2.63. The minimum atomic E-state index is -0.486. The Hall–Kier alpha value is -0.650. The van der Waals surface area contributed by atoms with Gasteiger partial charge >= 0.3 is 0 Å². The van der Waals surface area contributed by atoms with E-state index in [1.54, 1.807) is 0 Å². The highest BCUT2D eigenvalue weighted by molar-refractivity contribution is 5.86. The molecule has 2 saturated carbocycles. The molecule has 3 fully saturated rings. The monoisotopic (exact) mass is 294 g/mol. The van der Waals surface area contributed by atoms with Gasteiger partial charge < -0.3 is 15.5 Å². The number of nitrogens with two attached hydrogens (primary N) is 1. The molecule has 1 saturated heterocycles. The zero-order valence-corrected chi connectivity index (χ0v) is 13.5. The molecule has 120 valence electrons. The first-order chi connectivity index (χ1) is 9.99. The first-order valence-electron chi connectivity index (χ1n) is 8.44. The second kappa shape index (κ2) is 5.86. The highest BCUT2D eigenvalue weighted by atomic mass is 16.1. The fourth-order valence-electron chi connectivity index (χ4n) is 3.92. The summed E-state index contributed by atoms with van der Waals surface area (Å²) < 4.78 is 0. The molecule has 5 heteroatoms. The van der Waals surface area contributed by atoms with Crippen molar-refractivity contribution < 1.29 is 4.79 Å². The second-order valence-corrected chi connectivity index (χ2v) is 7.64. The van der Waals surface area contributed by atoms with E-state index in [0.717, 1.165) is 31.8 Å². The van der Waals surface area contributed by atoms with Gasteiger partial charge in [0.05, 0.1) is 0 Å². The molecule has 2 unspecified atom stereocenters. The first-order valence-corrected chi connectivity index (χ1v) is 8.44. The number of carbonyl (C=O) groups excluding carboxylic acids is 1. The zero-order valence-electron chi connectivity index (χ0n) is 13.5. The van der Waals surface area contributed by atoms with Crippen LogP contribution in [0.5, 0.6) is 0 Å². The van der Waals surface area contributed by atoms with Crippen LogP contribution in [-0.2, 0) is 4.79 Å². The van der Waals surface area contributed by atoms with E-state index < -0.39 is 5.54 Å². The SMILES string of the molecule is CN1CCC(CN(C)CC(NC2CC2)(C(N)=O)C2CC2)C1. The van der Waals surface area contributed by atoms with Crippen LogP contribution in [0, 0.1) is 11.8 Å². The minimum absolute atomic E-state index is 0.146. The summed E-state index contributed by atoms with van der Waals surface area (Å²) in [5.41, 5.74) is 5.35. The maximum absolute atomic E-state index is 12.2. The summed E-state index contributed by atoms with van der Waals surface area (Å²) in [4.78, 5) is 16.9. The molecule has 0 bridgehead atoms. The number of carbonyl (C=O) groups is 1. The number of amides is 1. The van der Waals surface area contributed by atoms with Crippen molar-refractivity contribution in [3.8, 4) is 0 Å². The molecule has 1 heterocycles. The van der Waals surface area contributed by atoms with Gasteiger partial charge in [-0.1, -0.05) is 0 Å². The fraction of sp³-hybridized carbons (Fsp3) is 0.938. The fourth-order valence-corrected chi connectivity index (χ4v) is 3.92. The molecule has 5 nitrogen and oxygen atoms in total. The van der Waals surface area contributed by atoms with Crippen molar-refractivity contribution in [1.82, 2.24) is 15.1 Å². The highest BCUT2D eigenvalue weighted by Crippen LogP contribution is 2.42. The van der Waals surface area contributed by atoms with Gasteiger partial charge in [0.2, 0.25) is 5.91 Å². The Morgan fingerprint density at radius 1 is 1.33 bits per heavy atom. The number of rotatable bonds is 8. The average molecular weight is 294 g/mol. The number of hydrogen-bond donors (Lipinski definition) is 2. The molecular formula is C16H30N4O. The van der Waals surface area contributed by atoms with E-state index in [1.165, 1.54) is 32.4 Å². The van der Waals surface area contributed by atoms with Gasteiger partial charge in [-0.05, 0) is 64.6 Å². The van der Waals surface area contributed by atoms with E-state index >= 15 is 0 Å². The predicted octanol–water partition coefficient (Wildman–Crippen LogP) is 0.256. The number of likely N-dealkylation sites (tertiary alicyclic amines) is 1. The predicted molar refractivity (Wildman–Crippen MR) is 83.9 cm³/mol. The van der Waals surface area contributed by atoms with Gasteiger partial charge in [0.25, 0.3) is 0 Å². The van der Waals surface area contributed by atoms with E-state index in [0.29, 0.717) is 12.0 Å². The van der Waals surface area contributed by atoms with Crippen LogP contribution in [0.3, 0.4) is 0 Å². The largest absolute Gasteiger partial charge is 0.368 e. The van der Waals surface area contributed by atoms with Crippen molar-refractivity contribution in [3.63, 3.8) is 0 Å². The molecule has 0 aromatic heterocycles. The Morgan fingerprint density at radius 2 is 2.05 bits per heavy atom. The number of nitrogens with one attached hydrogen (secondary N) is 1. The molecule has 0 aromatic carbocycles. The molecule has 2 aliphatic carbocycles. The quantitative estimate of drug-likeness (QED) is 0.674. The summed E-state index contributed by atoms with van der Waals surface area (Å²) in [6.45, 7) is 4.21. The van der Waals surface area contributed by atoms with Gasteiger partial charge in [0, 0.05) is 25.7 Å². The van der Waals surface area contributed by atoms with Gasteiger partial charge in [-0.15, -0.1) is 0 Å². The minimum Gasteiger partial charge on any atom is -0.368 e. The average Bonchev–Trinajstić information content (AvgIpc) is 3.30. The van der Waals surface area contributed by atoms with Crippen LogP contribution in [0.4, 0.5) is 0 Å². The molecule has 21 heavy (non-hydrogen) atoms. The van der Waals surface area contributed by atoms with Crippen LogP contribution in [0.15, 0.2) is 0 Å². The summed E-state index contributed by atoms with van der Waals surface area (Å²) in [5, 5.41) is 3.60. The van der Waals surface area contributed by atoms with E-state index in [2.05, 4.69) is 29.2 Å². The molecule has 2 atom stereocenters. The van der Waals surface area contributed by atoms with Crippen LogP contribution in [0.1, 0.15) is 32.1 Å². The Bertz CT molecular complexity index is 394. The molecule has 0 radical (unpaired) electrons. The van der Waals surface area contributed by atoms with Crippen molar-refractivity contribution in [1.29, 1.82) is 0 Å². The molecule has 1 amide bonds. The third-order valence-electron chi connectivity index (χ3n) is 5.33. The van der Waals surface area contributed by atoms with Gasteiger partial charge in [0.1, 0.15) is 5.54 Å². The van der Waals surface area contributed by atoms with Crippen LogP contribution < -0.4 is 11.1 Å². The topological polar surface area (TPSA) is 61.6 Å². The normalized spacial score (nSPS) is 29.8. The highest BCUT2D eigenvalue weighted by Gasteiger charge is 2.52. The molecule has 1 aliphatic heterocycles. The lowest BCUT2D eigenvalue weighted by molar-refractivity contribution is -0.126. The molecule has 3 aliphatic rings. The van der Waals surface area contributed by atoms with Crippen molar-refractivity contribution in [2.24, 2.45) is 17.6 Å². The standard InChI is InChI=1S/C16H30N4O/c1-19-8-7-12(9-19)10-20(2)11-16(15(17)21,13-3-4-13)18-14-5-6-14/h12-14,18H,3-11H2,1-2H3,(H2,17,21). The van der Waals surface area contributed by atoms with Crippen LogP contribution in [0.25, 0.3) is 0 Å². The molecule has 0 spiro atoms. The Morgan fingerprint density at radius 3 is 2.52 bits per heavy atom. The van der Waals surface area contributed by atoms with Gasteiger partial charge in [-0.3, -0.25) is 10.1 Å². The number of likely N-dealkylation sites (N-methyl/N-ethyl adjacent to an activating group) is 1. The summed E-state index contributed by atoms with van der Waals surface area (Å²) in [6.07, 6.45) is 5.94. The lowest BCUT2D eigenvalue weighted by atomic mass is 9.90. The van der Waals surface area contributed by atoms with Crippen LogP contribution >= 0.6 is 0 Å². The Balaban J connectivity index is 1.61. The van der Waals surface area contributed by atoms with Crippen molar-refractivity contribution >= 4 is 5.91 Å². The molecule has 3 N–H and O–H groups in total. The smallest absolute Gasteiger partial charge is 0.239 e. The molecule has 3 rings (SSSR count). The van der Waals surface area contributed by atoms with E-state index in [4.69, 9.17) is 5.73 Å². The van der Waals surface area contributed by atoms with Gasteiger partial charge in [-0.25, -0.2) is 0 Å². The summed E-state index contributed by atoms with van der Waals surface area (Å²) >= 11 is 0. The van der Waals surface area contributed by atoms with Gasteiger partial charge in [0.15, 0.2) is 0 Å². The number of hydrogen-bond acceptors (Lipinski definition) is 4. The maximum atomic E-state index is 12.2. The second-order valence-electron chi connectivity index (χ2n) is 7.64. The lowest BCUT2D eigenvalue weighted by Gasteiger charge is -2.36. The van der Waals surface area contributed by atoms with Crippen molar-refractivity contribution in [2.75, 3.05) is 40.3 Å². The summed E-state index contributed by atoms with van der Waals surface area (Å²) in [7, 11) is 4.33. The zero-order chi connectivity index (χ0) is 15.0. The van der Waals surface area contributed by atoms with Crippen LogP contribution in [0.2, 0.25) is 0 Å². The maximum Gasteiger partial charge on any atom is 0.239 e. The first kappa shape index (κ1) is 15.3. The summed E-state index contributed by atoms with van der Waals surface area (Å²) in [5.74, 6) is 1.03. The van der Waals surface area contributed by atoms with Crippen molar-refractivity contribution in [2.45, 2.75) is 43.7 Å². The molecular weight excluding hydrogens is 264 g/mol. The Kier molecular flexibility index (Phi) is 4.26. The Labute approximate surface area is 128 Å². The van der Waals surface area contributed by atoms with Gasteiger partial charge in [-0.2, -0.15) is 0 Å². The molecule has 0 aromatic rings. The van der Waals surface area contributed by atoms with E-state index in [9.17, 15) is 4.79 Å². The van der Waals surface area contributed by atoms with E-state index in [1.807, 2.05) is 0 Å². The number of nitrogens with zero attached hydrogens (tertiary/aromatic N) is 2.